The molecule has 0 aromatic heterocycles. The van der Waals surface area contributed by atoms with Crippen LogP contribution in [0.5, 0.6) is 5.75 Å². The molecule has 0 fully saturated rings. The van der Waals surface area contributed by atoms with Gasteiger partial charge < -0.3 is 4.74 Å². The van der Waals surface area contributed by atoms with E-state index in [9.17, 15) is 17.6 Å². The van der Waals surface area contributed by atoms with Crippen LogP contribution >= 0.6 is 0 Å². The molecule has 0 amide bonds. The molecule has 102 valence electrons. The first kappa shape index (κ1) is 14.8. The third-order valence-electron chi connectivity index (χ3n) is 2.80. The van der Waals surface area contributed by atoms with Crippen molar-refractivity contribution in [2.45, 2.75) is 39.8 Å². The Hall–Kier alpha value is -1.26. The number of alkyl halides is 3. The molecule has 0 atom stereocenters. The second kappa shape index (κ2) is 5.59. The van der Waals surface area contributed by atoms with Crippen molar-refractivity contribution in [1.82, 2.24) is 0 Å². The van der Waals surface area contributed by atoms with Crippen molar-refractivity contribution < 1.29 is 22.3 Å². The average molecular weight is 264 g/mol. The van der Waals surface area contributed by atoms with Crippen LogP contribution in [0.1, 0.15) is 30.5 Å². The Kier molecular flexibility index (Phi) is 4.59. The topological polar surface area (TPSA) is 9.23 Å². The van der Waals surface area contributed by atoms with Gasteiger partial charge >= 0.3 is 6.18 Å². The third kappa shape index (κ3) is 3.37. The van der Waals surface area contributed by atoms with Crippen LogP contribution in [-0.2, 0) is 12.8 Å². The molecular weight excluding hydrogens is 248 g/mol. The van der Waals surface area contributed by atoms with Crippen LogP contribution in [0.25, 0.3) is 0 Å². The van der Waals surface area contributed by atoms with Crippen LogP contribution in [0.4, 0.5) is 17.6 Å². The van der Waals surface area contributed by atoms with Gasteiger partial charge in [-0.3, -0.25) is 0 Å². The molecule has 0 saturated carbocycles. The summed E-state index contributed by atoms with van der Waals surface area (Å²) in [7, 11) is 0. The molecule has 5 heteroatoms. The number of halogens is 4. The van der Waals surface area contributed by atoms with E-state index in [1.54, 1.807) is 20.8 Å². The van der Waals surface area contributed by atoms with Gasteiger partial charge in [-0.25, -0.2) is 4.39 Å². The van der Waals surface area contributed by atoms with Crippen LogP contribution in [0.2, 0.25) is 0 Å². The summed E-state index contributed by atoms with van der Waals surface area (Å²) in [4.78, 5) is 0. The number of aryl methyl sites for hydroxylation is 1. The molecule has 0 N–H and O–H groups in total. The Labute approximate surface area is 104 Å². The highest BCUT2D eigenvalue weighted by Crippen LogP contribution is 2.29. The van der Waals surface area contributed by atoms with E-state index in [0.29, 0.717) is 29.5 Å². The molecule has 0 radical (unpaired) electrons. The van der Waals surface area contributed by atoms with Crippen molar-refractivity contribution in [1.29, 1.82) is 0 Å². The number of hydrogen-bond acceptors (Lipinski definition) is 1. The smallest absolute Gasteiger partial charge is 0.422 e. The first-order chi connectivity index (χ1) is 8.30. The van der Waals surface area contributed by atoms with Gasteiger partial charge in [0.15, 0.2) is 6.61 Å². The maximum atomic E-state index is 13.9. The fourth-order valence-electron chi connectivity index (χ4n) is 1.82. The van der Waals surface area contributed by atoms with Gasteiger partial charge in [-0.2, -0.15) is 13.2 Å². The normalized spacial score (nSPS) is 11.7. The van der Waals surface area contributed by atoms with Gasteiger partial charge in [0.2, 0.25) is 0 Å². The standard InChI is InChI=1S/C13H16F4O/c1-4-9-6-11(18-7-13(15,16)17)8(3)10(5-2)12(9)14/h6H,4-5,7H2,1-3H3. The zero-order chi connectivity index (χ0) is 13.9. The lowest BCUT2D eigenvalue weighted by Gasteiger charge is -2.16. The lowest BCUT2D eigenvalue weighted by atomic mass is 9.99. The summed E-state index contributed by atoms with van der Waals surface area (Å²) in [5, 5.41) is 0. The summed E-state index contributed by atoms with van der Waals surface area (Å²) in [6.45, 7) is 3.73. The van der Waals surface area contributed by atoms with E-state index in [1.165, 1.54) is 6.07 Å². The van der Waals surface area contributed by atoms with Gasteiger partial charge in [0, 0.05) is 0 Å². The molecule has 0 saturated heterocycles. The second-order valence-electron chi connectivity index (χ2n) is 4.06. The first-order valence-electron chi connectivity index (χ1n) is 5.80. The van der Waals surface area contributed by atoms with Crippen molar-refractivity contribution in [3.63, 3.8) is 0 Å². The summed E-state index contributed by atoms with van der Waals surface area (Å²) in [6, 6.07) is 1.36. The van der Waals surface area contributed by atoms with E-state index in [1.807, 2.05) is 0 Å². The maximum absolute atomic E-state index is 13.9. The van der Waals surface area contributed by atoms with E-state index in [0.717, 1.165) is 0 Å². The molecule has 0 spiro atoms. The molecular formula is C13H16F4O. The lowest BCUT2D eigenvalue weighted by Crippen LogP contribution is -2.20. The molecule has 0 unspecified atom stereocenters. The summed E-state index contributed by atoms with van der Waals surface area (Å²) >= 11 is 0. The number of benzene rings is 1. The number of hydrogen-bond donors (Lipinski definition) is 0. The Morgan fingerprint density at radius 2 is 1.78 bits per heavy atom. The lowest BCUT2D eigenvalue weighted by molar-refractivity contribution is -0.153. The van der Waals surface area contributed by atoms with Crippen molar-refractivity contribution in [2.75, 3.05) is 6.61 Å². The largest absolute Gasteiger partial charge is 0.484 e. The molecule has 0 aliphatic heterocycles. The van der Waals surface area contributed by atoms with Gasteiger partial charge in [-0.05, 0) is 42.5 Å². The minimum absolute atomic E-state index is 0.113. The molecule has 1 rings (SSSR count). The van der Waals surface area contributed by atoms with Gasteiger partial charge in [0.05, 0.1) is 0 Å². The predicted molar refractivity (Wildman–Crippen MR) is 61.4 cm³/mol. The monoisotopic (exact) mass is 264 g/mol. The minimum Gasteiger partial charge on any atom is -0.484 e. The van der Waals surface area contributed by atoms with E-state index in [-0.39, 0.29) is 11.6 Å². The summed E-state index contributed by atoms with van der Waals surface area (Å²) in [5.74, 6) is -0.223. The molecule has 0 aliphatic rings. The highest BCUT2D eigenvalue weighted by atomic mass is 19.4. The molecule has 1 aromatic carbocycles. The van der Waals surface area contributed by atoms with Gasteiger partial charge in [-0.15, -0.1) is 0 Å². The highest BCUT2D eigenvalue weighted by molar-refractivity contribution is 5.44. The van der Waals surface area contributed by atoms with Crippen LogP contribution in [0.15, 0.2) is 6.07 Å². The van der Waals surface area contributed by atoms with E-state index >= 15 is 0 Å². The van der Waals surface area contributed by atoms with Crippen LogP contribution in [0, 0.1) is 12.7 Å². The summed E-state index contributed by atoms with van der Waals surface area (Å²) < 4.78 is 55.0. The quantitative estimate of drug-likeness (QED) is 0.740. The summed E-state index contributed by atoms with van der Waals surface area (Å²) in [5.41, 5.74) is 1.25. The third-order valence-corrected chi connectivity index (χ3v) is 2.80. The molecule has 1 nitrogen and oxygen atoms in total. The van der Waals surface area contributed by atoms with Crippen molar-refractivity contribution in [3.05, 3.63) is 28.6 Å². The molecule has 0 heterocycles. The van der Waals surface area contributed by atoms with Crippen molar-refractivity contribution in [3.8, 4) is 5.75 Å². The van der Waals surface area contributed by atoms with E-state index in [4.69, 9.17) is 4.74 Å². The Bertz CT molecular complexity index is 424. The van der Waals surface area contributed by atoms with Crippen LogP contribution in [-0.4, -0.2) is 12.8 Å². The average Bonchev–Trinajstić information content (AvgIpc) is 2.27. The Morgan fingerprint density at radius 1 is 1.17 bits per heavy atom. The fraction of sp³-hybridized carbons (Fsp3) is 0.538. The first-order valence-corrected chi connectivity index (χ1v) is 5.80. The zero-order valence-electron chi connectivity index (χ0n) is 10.6. The van der Waals surface area contributed by atoms with Gasteiger partial charge in [-0.1, -0.05) is 13.8 Å². The van der Waals surface area contributed by atoms with Crippen molar-refractivity contribution >= 4 is 0 Å². The maximum Gasteiger partial charge on any atom is 0.422 e. The molecule has 0 aliphatic carbocycles. The second-order valence-corrected chi connectivity index (χ2v) is 4.06. The Morgan fingerprint density at radius 3 is 2.22 bits per heavy atom. The van der Waals surface area contributed by atoms with Gasteiger partial charge in [0.1, 0.15) is 11.6 Å². The van der Waals surface area contributed by atoms with E-state index < -0.39 is 12.8 Å². The van der Waals surface area contributed by atoms with Crippen LogP contribution < -0.4 is 4.74 Å². The molecule has 0 bridgehead atoms. The molecule has 1 aromatic rings. The van der Waals surface area contributed by atoms with Gasteiger partial charge in [0.25, 0.3) is 0 Å². The zero-order valence-corrected chi connectivity index (χ0v) is 10.6. The number of rotatable bonds is 4. The van der Waals surface area contributed by atoms with Crippen LogP contribution in [0.3, 0.4) is 0 Å². The van der Waals surface area contributed by atoms with Crippen molar-refractivity contribution in [2.24, 2.45) is 0 Å². The molecule has 18 heavy (non-hydrogen) atoms. The minimum atomic E-state index is -4.39. The highest BCUT2D eigenvalue weighted by Gasteiger charge is 2.29. The SMILES string of the molecule is CCc1cc(OCC(F)(F)F)c(C)c(CC)c1F. The summed E-state index contributed by atoms with van der Waals surface area (Å²) in [6.07, 6.45) is -3.55. The Balaban J connectivity index is 3.12. The number of ether oxygens (including phenoxy) is 1. The van der Waals surface area contributed by atoms with E-state index in [2.05, 4.69) is 0 Å². The predicted octanol–water partition coefficient (Wildman–Crippen LogP) is 4.20. The fourth-order valence-corrected chi connectivity index (χ4v) is 1.82.